The van der Waals surface area contributed by atoms with E-state index < -0.39 is 0 Å². The predicted octanol–water partition coefficient (Wildman–Crippen LogP) is -1.81. The lowest BCUT2D eigenvalue weighted by molar-refractivity contribution is -0.126. The van der Waals surface area contributed by atoms with Crippen LogP contribution < -0.4 is 16.4 Å². The van der Waals surface area contributed by atoms with Crippen molar-refractivity contribution in [1.29, 1.82) is 0 Å². The number of aliphatic hydroxyl groups excluding tert-OH is 1. The van der Waals surface area contributed by atoms with Crippen molar-refractivity contribution < 1.29 is 14.7 Å². The Morgan fingerprint density at radius 3 is 2.33 bits per heavy atom. The Kier molecular flexibility index (Phi) is 6.64. The maximum Gasteiger partial charge on any atom is 0.239 e. The normalized spacial score (nSPS) is 12.3. The molecule has 0 aliphatic carbocycles. The summed E-state index contributed by atoms with van der Waals surface area (Å²) in [7, 11) is 0. The van der Waals surface area contributed by atoms with Crippen LogP contribution in [0.3, 0.4) is 0 Å². The second-order valence-electron chi connectivity index (χ2n) is 3.58. The third kappa shape index (κ3) is 6.03. The van der Waals surface area contributed by atoms with Gasteiger partial charge in [0.1, 0.15) is 0 Å². The molecule has 0 rings (SSSR count). The smallest absolute Gasteiger partial charge is 0.239 e. The highest BCUT2D eigenvalue weighted by atomic mass is 16.3. The van der Waals surface area contributed by atoms with Gasteiger partial charge in [-0.25, -0.2) is 0 Å². The molecule has 1 atom stereocenters. The maximum atomic E-state index is 11.3. The number of nitrogens with two attached hydrogens (primary N) is 1. The van der Waals surface area contributed by atoms with Crippen LogP contribution >= 0.6 is 0 Å². The van der Waals surface area contributed by atoms with E-state index in [4.69, 9.17) is 10.8 Å². The fourth-order valence-electron chi connectivity index (χ4n) is 0.932. The largest absolute Gasteiger partial charge is 0.394 e. The molecule has 6 heteroatoms. The number of hydrogen-bond donors (Lipinski definition) is 4. The van der Waals surface area contributed by atoms with Gasteiger partial charge in [0.15, 0.2) is 0 Å². The molecule has 0 fully saturated rings. The van der Waals surface area contributed by atoms with Gasteiger partial charge in [-0.15, -0.1) is 0 Å². The van der Waals surface area contributed by atoms with Gasteiger partial charge in [-0.05, 0) is 5.92 Å². The van der Waals surface area contributed by atoms with Crippen molar-refractivity contribution in [2.45, 2.75) is 19.9 Å². The summed E-state index contributed by atoms with van der Waals surface area (Å²) in [5, 5.41) is 13.9. The molecule has 1 unspecified atom stereocenters. The van der Waals surface area contributed by atoms with Crippen LogP contribution in [0.5, 0.6) is 0 Å². The first kappa shape index (κ1) is 13.9. The van der Waals surface area contributed by atoms with Crippen LogP contribution in [0.2, 0.25) is 0 Å². The van der Waals surface area contributed by atoms with Gasteiger partial charge in [-0.2, -0.15) is 0 Å². The Hall–Kier alpha value is -1.14. The average molecular weight is 217 g/mol. The quantitative estimate of drug-likeness (QED) is 0.421. The predicted molar refractivity (Wildman–Crippen MR) is 55.9 cm³/mol. The molecule has 0 aromatic carbocycles. The Morgan fingerprint density at radius 2 is 1.93 bits per heavy atom. The molecule has 5 N–H and O–H groups in total. The van der Waals surface area contributed by atoms with E-state index in [-0.39, 0.29) is 43.5 Å². The van der Waals surface area contributed by atoms with Crippen molar-refractivity contribution in [3.63, 3.8) is 0 Å². The van der Waals surface area contributed by atoms with E-state index in [2.05, 4.69) is 10.6 Å². The third-order valence-electron chi connectivity index (χ3n) is 1.98. The lowest BCUT2D eigenvalue weighted by Crippen LogP contribution is -2.46. The minimum absolute atomic E-state index is 0.112. The summed E-state index contributed by atoms with van der Waals surface area (Å²) in [6.45, 7) is 3.41. The standard InChI is InChI=1S/C9H19N3O3/c1-6(2)7(5-13)12-9(15)4-11-8(14)3-10/h6-7,13H,3-5,10H2,1-2H3,(H,11,14)(H,12,15). The van der Waals surface area contributed by atoms with Crippen molar-refractivity contribution in [3.05, 3.63) is 0 Å². The summed E-state index contributed by atoms with van der Waals surface area (Å²) < 4.78 is 0. The Morgan fingerprint density at radius 1 is 1.33 bits per heavy atom. The molecule has 0 saturated carbocycles. The molecule has 15 heavy (non-hydrogen) atoms. The number of amides is 2. The first-order chi connectivity index (χ1) is 7.01. The highest BCUT2D eigenvalue weighted by molar-refractivity contribution is 5.85. The summed E-state index contributed by atoms with van der Waals surface area (Å²) in [5.74, 6) is -0.566. The number of rotatable bonds is 6. The van der Waals surface area contributed by atoms with Crippen LogP contribution in [-0.2, 0) is 9.59 Å². The minimum Gasteiger partial charge on any atom is -0.394 e. The van der Waals surface area contributed by atoms with Crippen molar-refractivity contribution in [1.82, 2.24) is 10.6 Å². The van der Waals surface area contributed by atoms with E-state index in [1.165, 1.54) is 0 Å². The van der Waals surface area contributed by atoms with E-state index in [1.807, 2.05) is 13.8 Å². The number of carbonyl (C=O) groups excluding carboxylic acids is 2. The first-order valence-corrected chi connectivity index (χ1v) is 4.88. The SMILES string of the molecule is CC(C)C(CO)NC(=O)CNC(=O)CN. The molecule has 0 aromatic heterocycles. The molecule has 0 radical (unpaired) electrons. The summed E-state index contributed by atoms with van der Waals surface area (Å²) in [6, 6.07) is -0.285. The molecule has 0 aromatic rings. The lowest BCUT2D eigenvalue weighted by atomic mass is 10.1. The average Bonchev–Trinajstić information content (AvgIpc) is 2.21. The highest BCUT2D eigenvalue weighted by Gasteiger charge is 2.14. The van der Waals surface area contributed by atoms with Gasteiger partial charge in [0.25, 0.3) is 0 Å². The van der Waals surface area contributed by atoms with Crippen LogP contribution in [0.25, 0.3) is 0 Å². The number of nitrogens with one attached hydrogen (secondary N) is 2. The van der Waals surface area contributed by atoms with Crippen molar-refractivity contribution in [2.24, 2.45) is 11.7 Å². The Labute approximate surface area is 89.2 Å². The van der Waals surface area contributed by atoms with Crippen molar-refractivity contribution >= 4 is 11.8 Å². The summed E-state index contributed by atoms with van der Waals surface area (Å²) in [6.07, 6.45) is 0. The monoisotopic (exact) mass is 217 g/mol. The van der Waals surface area contributed by atoms with Crippen LogP contribution in [0.4, 0.5) is 0 Å². The zero-order chi connectivity index (χ0) is 11.8. The Bertz CT molecular complexity index is 219. The maximum absolute atomic E-state index is 11.3. The fourth-order valence-corrected chi connectivity index (χ4v) is 0.932. The molecule has 2 amide bonds. The van der Waals surface area contributed by atoms with Gasteiger partial charge < -0.3 is 21.5 Å². The van der Waals surface area contributed by atoms with Gasteiger partial charge in [0, 0.05) is 0 Å². The highest BCUT2D eigenvalue weighted by Crippen LogP contribution is 1.99. The number of aliphatic hydroxyl groups is 1. The minimum atomic E-state index is -0.379. The third-order valence-corrected chi connectivity index (χ3v) is 1.98. The fraction of sp³-hybridized carbons (Fsp3) is 0.778. The molecule has 0 heterocycles. The van der Waals surface area contributed by atoms with Crippen LogP contribution in [0.1, 0.15) is 13.8 Å². The topological polar surface area (TPSA) is 104 Å². The van der Waals surface area contributed by atoms with E-state index in [1.54, 1.807) is 0 Å². The van der Waals surface area contributed by atoms with Crippen LogP contribution in [0.15, 0.2) is 0 Å². The molecule has 0 aliphatic heterocycles. The molecule has 0 bridgehead atoms. The molecule has 0 aliphatic rings. The van der Waals surface area contributed by atoms with Gasteiger partial charge in [0.05, 0.1) is 25.7 Å². The lowest BCUT2D eigenvalue weighted by Gasteiger charge is -2.19. The molecular weight excluding hydrogens is 198 g/mol. The Balaban J connectivity index is 3.86. The summed E-state index contributed by atoms with van der Waals surface area (Å²) in [4.78, 5) is 22.0. The zero-order valence-electron chi connectivity index (χ0n) is 9.12. The van der Waals surface area contributed by atoms with Gasteiger partial charge in [-0.3, -0.25) is 9.59 Å². The van der Waals surface area contributed by atoms with Crippen LogP contribution in [0, 0.1) is 5.92 Å². The van der Waals surface area contributed by atoms with E-state index in [0.29, 0.717) is 0 Å². The number of hydrogen-bond acceptors (Lipinski definition) is 4. The van der Waals surface area contributed by atoms with Gasteiger partial charge in [0.2, 0.25) is 11.8 Å². The summed E-state index contributed by atoms with van der Waals surface area (Å²) in [5.41, 5.74) is 5.05. The van der Waals surface area contributed by atoms with E-state index >= 15 is 0 Å². The van der Waals surface area contributed by atoms with Gasteiger partial charge >= 0.3 is 0 Å². The second kappa shape index (κ2) is 7.19. The molecule has 6 nitrogen and oxygen atoms in total. The van der Waals surface area contributed by atoms with Crippen molar-refractivity contribution in [3.8, 4) is 0 Å². The van der Waals surface area contributed by atoms with E-state index in [0.717, 1.165) is 0 Å². The number of carbonyl (C=O) groups is 2. The summed E-state index contributed by atoms with van der Waals surface area (Å²) >= 11 is 0. The zero-order valence-corrected chi connectivity index (χ0v) is 9.12. The molecular formula is C9H19N3O3. The first-order valence-electron chi connectivity index (χ1n) is 4.88. The van der Waals surface area contributed by atoms with E-state index in [9.17, 15) is 9.59 Å². The second-order valence-corrected chi connectivity index (χ2v) is 3.58. The van der Waals surface area contributed by atoms with Gasteiger partial charge in [-0.1, -0.05) is 13.8 Å². The molecule has 0 saturated heterocycles. The van der Waals surface area contributed by atoms with Crippen molar-refractivity contribution in [2.75, 3.05) is 19.7 Å². The molecule has 0 spiro atoms. The van der Waals surface area contributed by atoms with Crippen LogP contribution in [-0.4, -0.2) is 42.7 Å². The molecule has 88 valence electrons.